The van der Waals surface area contributed by atoms with Crippen molar-refractivity contribution in [3.63, 3.8) is 0 Å². The molecule has 0 heterocycles. The lowest BCUT2D eigenvalue weighted by atomic mass is 10.1. The molecule has 2 nitrogen and oxygen atoms in total. The second-order valence-electron chi connectivity index (χ2n) is 5.79. The van der Waals surface area contributed by atoms with E-state index in [-0.39, 0.29) is 0 Å². The van der Waals surface area contributed by atoms with Gasteiger partial charge in [0.05, 0.1) is 0 Å². The monoisotopic (exact) mass is 300 g/mol. The molecule has 1 saturated carbocycles. The largest absolute Gasteiger partial charge is 0.344 e. The van der Waals surface area contributed by atoms with E-state index in [1.807, 2.05) is 12.1 Å². The molecule has 110 valence electrons. The lowest BCUT2D eigenvalue weighted by molar-refractivity contribution is 0.688. The van der Waals surface area contributed by atoms with E-state index in [2.05, 4.69) is 54.5 Å². The first-order chi connectivity index (χ1) is 10.1. The van der Waals surface area contributed by atoms with Crippen LogP contribution in [0.15, 0.2) is 42.5 Å². The van der Waals surface area contributed by atoms with Gasteiger partial charge in [-0.25, -0.2) is 0 Å². The molecule has 0 radical (unpaired) electrons. The first-order valence-electron chi connectivity index (χ1n) is 7.46. The molecule has 1 aliphatic rings. The lowest BCUT2D eigenvalue weighted by Gasteiger charge is -2.24. The zero-order chi connectivity index (χ0) is 14.8. The van der Waals surface area contributed by atoms with Crippen LogP contribution in [0.3, 0.4) is 0 Å². The van der Waals surface area contributed by atoms with Crippen LogP contribution in [0.1, 0.15) is 24.0 Å². The van der Waals surface area contributed by atoms with E-state index in [1.54, 1.807) is 0 Å². The van der Waals surface area contributed by atoms with Gasteiger partial charge in [-0.15, -0.1) is 0 Å². The van der Waals surface area contributed by atoms with E-state index >= 15 is 0 Å². The molecular formula is C18H21ClN2. The Bertz CT molecular complexity index is 635. The number of aryl methyl sites for hydroxylation is 1. The fraction of sp³-hybridized carbons (Fsp3) is 0.333. The lowest BCUT2D eigenvalue weighted by Crippen LogP contribution is -2.19. The first kappa shape index (κ1) is 14.4. The third-order valence-electron chi connectivity index (χ3n) is 3.99. The van der Waals surface area contributed by atoms with Gasteiger partial charge < -0.3 is 10.2 Å². The van der Waals surface area contributed by atoms with E-state index in [4.69, 9.17) is 11.6 Å². The highest BCUT2D eigenvalue weighted by Crippen LogP contribution is 2.32. The van der Waals surface area contributed by atoms with Crippen molar-refractivity contribution in [2.75, 3.05) is 11.9 Å². The zero-order valence-electron chi connectivity index (χ0n) is 12.6. The zero-order valence-corrected chi connectivity index (χ0v) is 13.3. The smallest absolute Gasteiger partial charge is 0.0471 e. The summed E-state index contributed by atoms with van der Waals surface area (Å²) in [6, 6.07) is 15.3. The molecule has 0 spiro atoms. The van der Waals surface area contributed by atoms with Gasteiger partial charge in [0.15, 0.2) is 0 Å². The molecule has 1 aliphatic carbocycles. The molecule has 2 aromatic rings. The molecule has 2 aromatic carbocycles. The quantitative estimate of drug-likeness (QED) is 0.863. The Balaban J connectivity index is 1.90. The highest BCUT2D eigenvalue weighted by molar-refractivity contribution is 6.31. The number of rotatable bonds is 5. The van der Waals surface area contributed by atoms with E-state index in [0.717, 1.165) is 11.6 Å². The Labute approximate surface area is 131 Å². The minimum absolute atomic E-state index is 0.679. The van der Waals surface area contributed by atoms with E-state index < -0.39 is 0 Å². The van der Waals surface area contributed by atoms with Crippen molar-refractivity contribution in [1.29, 1.82) is 0 Å². The third kappa shape index (κ3) is 3.39. The summed E-state index contributed by atoms with van der Waals surface area (Å²) in [6.45, 7) is 2.95. The molecule has 0 amide bonds. The number of benzene rings is 2. The van der Waals surface area contributed by atoms with E-state index in [9.17, 15) is 0 Å². The van der Waals surface area contributed by atoms with Gasteiger partial charge >= 0.3 is 0 Å². The van der Waals surface area contributed by atoms with Crippen molar-refractivity contribution in [2.45, 2.75) is 32.4 Å². The van der Waals surface area contributed by atoms with Crippen molar-refractivity contribution in [3.05, 3.63) is 58.6 Å². The minimum atomic E-state index is 0.679. The average molecular weight is 301 g/mol. The molecule has 0 aliphatic heterocycles. The van der Waals surface area contributed by atoms with Crippen LogP contribution < -0.4 is 10.2 Å². The molecule has 0 bridgehead atoms. The van der Waals surface area contributed by atoms with Crippen LogP contribution in [0.25, 0.3) is 0 Å². The molecule has 1 fully saturated rings. The van der Waals surface area contributed by atoms with Crippen LogP contribution in [-0.4, -0.2) is 13.1 Å². The molecule has 0 saturated heterocycles. The highest BCUT2D eigenvalue weighted by atomic mass is 35.5. The number of nitrogens with one attached hydrogen (secondary N) is 1. The first-order valence-corrected chi connectivity index (χ1v) is 7.84. The summed E-state index contributed by atoms with van der Waals surface area (Å²) in [5.41, 5.74) is 4.79. The van der Waals surface area contributed by atoms with Crippen LogP contribution in [0.4, 0.5) is 11.4 Å². The molecule has 21 heavy (non-hydrogen) atoms. The molecule has 3 heteroatoms. The van der Waals surface area contributed by atoms with Gasteiger partial charge in [-0.05, 0) is 49.6 Å². The minimum Gasteiger partial charge on any atom is -0.344 e. The topological polar surface area (TPSA) is 15.3 Å². The molecule has 3 rings (SSSR count). The average Bonchev–Trinajstić information content (AvgIpc) is 3.29. The SMILES string of the molecule is Cc1cccc(N(C)c2cccc(Cl)c2CNC2CC2)c1. The maximum Gasteiger partial charge on any atom is 0.0471 e. The van der Waals surface area contributed by atoms with Gasteiger partial charge in [0.1, 0.15) is 0 Å². The standard InChI is InChI=1S/C18H21ClN2/c1-13-5-3-6-15(11-13)21(2)18-8-4-7-17(19)16(18)12-20-14-9-10-14/h3-8,11,14,20H,9-10,12H2,1-2H3. The van der Waals surface area contributed by atoms with Crippen LogP contribution in [0.2, 0.25) is 5.02 Å². The van der Waals surface area contributed by atoms with Crippen molar-refractivity contribution in [2.24, 2.45) is 0 Å². The number of anilines is 2. The maximum atomic E-state index is 6.43. The number of halogens is 1. The van der Waals surface area contributed by atoms with Crippen LogP contribution in [0, 0.1) is 6.92 Å². The second-order valence-corrected chi connectivity index (χ2v) is 6.20. The number of hydrogen-bond acceptors (Lipinski definition) is 2. The molecule has 1 N–H and O–H groups in total. The van der Waals surface area contributed by atoms with Gasteiger partial charge in [0, 0.05) is 41.6 Å². The van der Waals surface area contributed by atoms with Crippen LogP contribution >= 0.6 is 11.6 Å². The fourth-order valence-electron chi connectivity index (χ4n) is 2.55. The van der Waals surface area contributed by atoms with E-state index in [1.165, 1.54) is 35.3 Å². The summed E-state index contributed by atoms with van der Waals surface area (Å²) in [5.74, 6) is 0. The van der Waals surface area contributed by atoms with Crippen molar-refractivity contribution in [3.8, 4) is 0 Å². The van der Waals surface area contributed by atoms with Crippen molar-refractivity contribution in [1.82, 2.24) is 5.32 Å². The summed E-state index contributed by atoms with van der Waals surface area (Å²) in [5, 5.41) is 4.39. The fourth-order valence-corrected chi connectivity index (χ4v) is 2.78. The molecule has 0 aromatic heterocycles. The molecule has 0 atom stereocenters. The molecular weight excluding hydrogens is 280 g/mol. The summed E-state index contributed by atoms with van der Waals surface area (Å²) < 4.78 is 0. The Morgan fingerprint density at radius 1 is 1.19 bits per heavy atom. The Kier molecular flexibility index (Phi) is 4.18. The summed E-state index contributed by atoms with van der Waals surface area (Å²) in [6.07, 6.45) is 2.57. The van der Waals surface area contributed by atoms with Gasteiger partial charge in [-0.2, -0.15) is 0 Å². The van der Waals surface area contributed by atoms with E-state index in [0.29, 0.717) is 6.04 Å². The van der Waals surface area contributed by atoms with Crippen LogP contribution in [0.5, 0.6) is 0 Å². The van der Waals surface area contributed by atoms with Gasteiger partial charge in [0.25, 0.3) is 0 Å². The Hall–Kier alpha value is -1.51. The maximum absolute atomic E-state index is 6.43. The van der Waals surface area contributed by atoms with Gasteiger partial charge in [0.2, 0.25) is 0 Å². The van der Waals surface area contributed by atoms with Crippen LogP contribution in [-0.2, 0) is 6.54 Å². The third-order valence-corrected chi connectivity index (χ3v) is 4.34. The van der Waals surface area contributed by atoms with Gasteiger partial charge in [-0.1, -0.05) is 29.8 Å². The normalized spacial score (nSPS) is 14.2. The Morgan fingerprint density at radius 3 is 2.67 bits per heavy atom. The summed E-state index contributed by atoms with van der Waals surface area (Å²) in [7, 11) is 2.10. The van der Waals surface area contributed by atoms with Gasteiger partial charge in [-0.3, -0.25) is 0 Å². The van der Waals surface area contributed by atoms with Crippen molar-refractivity contribution < 1.29 is 0 Å². The summed E-state index contributed by atoms with van der Waals surface area (Å²) in [4.78, 5) is 2.21. The highest BCUT2D eigenvalue weighted by Gasteiger charge is 2.21. The predicted molar refractivity (Wildman–Crippen MR) is 90.6 cm³/mol. The Morgan fingerprint density at radius 2 is 1.95 bits per heavy atom. The van der Waals surface area contributed by atoms with Crippen molar-refractivity contribution >= 4 is 23.0 Å². The second kappa shape index (κ2) is 6.08. The molecule has 0 unspecified atom stereocenters. The summed E-state index contributed by atoms with van der Waals surface area (Å²) >= 11 is 6.43. The number of nitrogens with zero attached hydrogens (tertiary/aromatic N) is 1. The predicted octanol–water partition coefficient (Wildman–Crippen LogP) is 4.67. The number of hydrogen-bond donors (Lipinski definition) is 1.